The van der Waals surface area contributed by atoms with E-state index in [9.17, 15) is 0 Å². The van der Waals surface area contributed by atoms with E-state index >= 15 is 0 Å². The van der Waals surface area contributed by atoms with Crippen LogP contribution in [0.2, 0.25) is 0 Å². The molecule has 0 unspecified atom stereocenters. The lowest BCUT2D eigenvalue weighted by molar-refractivity contribution is -0.123. The van der Waals surface area contributed by atoms with Crippen LogP contribution in [0.15, 0.2) is 0 Å². The lowest BCUT2D eigenvalue weighted by Gasteiger charge is -2.09. The van der Waals surface area contributed by atoms with Crippen LogP contribution in [-0.2, 0) is 14.0 Å². The van der Waals surface area contributed by atoms with Gasteiger partial charge in [-0.15, -0.1) is 0 Å². The quantitative estimate of drug-likeness (QED) is 0.467. The third-order valence-electron chi connectivity index (χ3n) is 0.803. The summed E-state index contributed by atoms with van der Waals surface area (Å²) in [7, 11) is -4.64. The van der Waals surface area contributed by atoms with Gasteiger partial charge in [-0.2, -0.15) is 0 Å². The van der Waals surface area contributed by atoms with Crippen LogP contribution in [0.4, 0.5) is 0 Å². The molecule has 0 fully saturated rings. The smallest absolute Gasteiger partial charge is 0.353 e. The highest BCUT2D eigenvalue weighted by Gasteiger charge is 2.00. The number of ether oxygens (including phenoxy) is 2. The van der Waals surface area contributed by atoms with E-state index in [0.29, 0.717) is 0 Å². The van der Waals surface area contributed by atoms with Gasteiger partial charge >= 0.3 is 7.82 Å². The van der Waals surface area contributed by atoms with Gasteiger partial charge in [0.25, 0.3) is 0 Å². The molecule has 0 amide bonds. The maximum Gasteiger partial charge on any atom is 0.466 e. The van der Waals surface area contributed by atoms with E-state index in [-0.39, 0.29) is 6.29 Å². The summed E-state index contributed by atoms with van der Waals surface area (Å²) < 4.78 is 19.0. The van der Waals surface area contributed by atoms with Crippen LogP contribution < -0.4 is 0 Å². The normalized spacial score (nSPS) is 11.0. The van der Waals surface area contributed by atoms with Gasteiger partial charge < -0.3 is 24.2 Å². The number of hydrogen-bond acceptors (Lipinski definition) is 3. The minimum atomic E-state index is -4.64. The van der Waals surface area contributed by atoms with Gasteiger partial charge in [0.2, 0.25) is 0 Å². The average molecular weight is 216 g/mol. The molecule has 13 heavy (non-hydrogen) atoms. The predicted molar refractivity (Wildman–Crippen MR) is 47.0 cm³/mol. The van der Waals surface area contributed by atoms with Gasteiger partial charge in [0.05, 0.1) is 0 Å². The average Bonchev–Trinajstić information content (AvgIpc) is 1.84. The fraction of sp³-hybridized carbons (Fsp3) is 1.00. The van der Waals surface area contributed by atoms with Gasteiger partial charge in [-0.05, 0) is 20.8 Å². The van der Waals surface area contributed by atoms with Gasteiger partial charge in [0, 0.05) is 13.2 Å². The molecule has 0 rings (SSSR count). The van der Waals surface area contributed by atoms with Crippen molar-refractivity contribution in [1.29, 1.82) is 0 Å². The molecule has 0 aliphatic rings. The van der Waals surface area contributed by atoms with Crippen molar-refractivity contribution in [2.24, 2.45) is 0 Å². The second kappa shape index (κ2) is 8.62. The molecule has 0 aliphatic carbocycles. The van der Waals surface area contributed by atoms with E-state index in [2.05, 4.69) is 0 Å². The summed E-state index contributed by atoms with van der Waals surface area (Å²) in [5.41, 5.74) is 0. The number of rotatable bonds is 4. The maximum absolute atomic E-state index is 8.88. The topological polar surface area (TPSA) is 96.2 Å². The molecule has 0 radical (unpaired) electrons. The Balaban J connectivity index is 0. The first-order valence-corrected chi connectivity index (χ1v) is 5.39. The van der Waals surface area contributed by atoms with Crippen molar-refractivity contribution < 1.29 is 28.7 Å². The van der Waals surface area contributed by atoms with Gasteiger partial charge in [-0.3, -0.25) is 0 Å². The first kappa shape index (κ1) is 15.5. The zero-order valence-corrected chi connectivity index (χ0v) is 8.90. The van der Waals surface area contributed by atoms with E-state index in [1.54, 1.807) is 0 Å². The van der Waals surface area contributed by atoms with Crippen LogP contribution in [0.1, 0.15) is 20.8 Å². The van der Waals surface area contributed by atoms with Gasteiger partial charge in [0.1, 0.15) is 0 Å². The molecule has 3 N–H and O–H groups in total. The molecule has 82 valence electrons. The second-order valence-corrected chi connectivity index (χ2v) is 3.02. The zero-order valence-electron chi connectivity index (χ0n) is 8.01. The molecular formula is C6H17O6P. The summed E-state index contributed by atoms with van der Waals surface area (Å²) in [6, 6.07) is 0. The first-order valence-electron chi connectivity index (χ1n) is 3.82. The Morgan fingerprint density at radius 1 is 1.15 bits per heavy atom. The predicted octanol–water partition coefficient (Wildman–Crippen LogP) is 0.477. The Morgan fingerprint density at radius 2 is 1.38 bits per heavy atom. The van der Waals surface area contributed by atoms with E-state index < -0.39 is 7.82 Å². The van der Waals surface area contributed by atoms with Gasteiger partial charge in [-0.25, -0.2) is 4.57 Å². The fourth-order valence-corrected chi connectivity index (χ4v) is 0.518. The monoisotopic (exact) mass is 216 g/mol. The molecule has 6 nitrogen and oxygen atoms in total. The molecule has 7 heteroatoms. The summed E-state index contributed by atoms with van der Waals surface area (Å²) in [4.78, 5) is 21.6. The number of phosphoric acid groups is 1. The first-order chi connectivity index (χ1) is 5.81. The van der Waals surface area contributed by atoms with Crippen molar-refractivity contribution in [2.75, 3.05) is 13.2 Å². The molecule has 0 saturated heterocycles. The lowest BCUT2D eigenvalue weighted by Crippen LogP contribution is -2.11. The van der Waals surface area contributed by atoms with Crippen LogP contribution >= 0.6 is 7.82 Å². The van der Waals surface area contributed by atoms with E-state index in [0.717, 1.165) is 13.2 Å². The van der Waals surface area contributed by atoms with Crippen molar-refractivity contribution in [3.63, 3.8) is 0 Å². The lowest BCUT2D eigenvalue weighted by atomic mass is 10.7. The van der Waals surface area contributed by atoms with E-state index in [1.165, 1.54) is 0 Å². The Labute approximate surface area is 77.7 Å². The highest BCUT2D eigenvalue weighted by Crippen LogP contribution is 2.25. The molecule has 0 aromatic heterocycles. The third kappa shape index (κ3) is 33.3. The molecule has 0 atom stereocenters. The maximum atomic E-state index is 8.88. The van der Waals surface area contributed by atoms with Crippen molar-refractivity contribution in [3.05, 3.63) is 0 Å². The minimum absolute atomic E-state index is 0.0370. The van der Waals surface area contributed by atoms with Crippen LogP contribution in [0.3, 0.4) is 0 Å². The summed E-state index contributed by atoms with van der Waals surface area (Å²) >= 11 is 0. The van der Waals surface area contributed by atoms with Crippen molar-refractivity contribution in [3.8, 4) is 0 Å². The molecule has 0 bridgehead atoms. The highest BCUT2D eigenvalue weighted by molar-refractivity contribution is 7.45. The zero-order chi connectivity index (χ0) is 10.9. The molecular weight excluding hydrogens is 199 g/mol. The van der Waals surface area contributed by atoms with E-state index in [1.807, 2.05) is 20.8 Å². The fourth-order valence-electron chi connectivity index (χ4n) is 0.518. The molecule has 0 aliphatic heterocycles. The summed E-state index contributed by atoms with van der Waals surface area (Å²) in [5.74, 6) is 0. The van der Waals surface area contributed by atoms with Crippen molar-refractivity contribution in [2.45, 2.75) is 27.1 Å². The molecule has 0 spiro atoms. The Kier molecular flexibility index (Phi) is 10.3. The Bertz CT molecular complexity index is 130. The highest BCUT2D eigenvalue weighted by atomic mass is 31.2. The van der Waals surface area contributed by atoms with Crippen LogP contribution in [0, 0.1) is 0 Å². The molecule has 0 saturated carbocycles. The standard InChI is InChI=1S/C6H14O2.H3O4P/c1-4-7-6(3)8-5-2;1-5(2,3)4/h6H,4-5H2,1-3H3;(H3,1,2,3,4). The van der Waals surface area contributed by atoms with Gasteiger partial charge in [-0.1, -0.05) is 0 Å². The Hall–Kier alpha value is 0.0300. The molecule has 0 heterocycles. The third-order valence-corrected chi connectivity index (χ3v) is 0.803. The molecule has 0 aromatic carbocycles. The second-order valence-electron chi connectivity index (χ2n) is 1.99. The molecule has 0 aromatic rings. The SMILES string of the molecule is CCOC(C)OCC.O=P(O)(O)O. The van der Waals surface area contributed by atoms with E-state index in [4.69, 9.17) is 28.7 Å². The summed E-state index contributed by atoms with van der Waals surface area (Å²) in [6.07, 6.45) is -0.0370. The van der Waals surface area contributed by atoms with Crippen molar-refractivity contribution in [1.82, 2.24) is 0 Å². The summed E-state index contributed by atoms with van der Waals surface area (Å²) in [6.45, 7) is 7.25. The largest absolute Gasteiger partial charge is 0.466 e. The van der Waals surface area contributed by atoms with Crippen LogP contribution in [-0.4, -0.2) is 34.2 Å². The van der Waals surface area contributed by atoms with Crippen molar-refractivity contribution >= 4 is 7.82 Å². The number of hydrogen-bond donors (Lipinski definition) is 3. The minimum Gasteiger partial charge on any atom is -0.353 e. The van der Waals surface area contributed by atoms with Crippen LogP contribution in [0.25, 0.3) is 0 Å². The van der Waals surface area contributed by atoms with Crippen LogP contribution in [0.5, 0.6) is 0 Å². The van der Waals surface area contributed by atoms with Gasteiger partial charge in [0.15, 0.2) is 6.29 Å². The Morgan fingerprint density at radius 3 is 1.54 bits per heavy atom. The summed E-state index contributed by atoms with van der Waals surface area (Å²) in [5, 5.41) is 0.